The standard InChI is InChI=1S/C20H25N3O.ClH/c1-13-7-4-8-14(2)19(13)22-20(24)15(3)23-12-6-9-16-17(21)10-5-11-18(16)23;/h4-5,7-8,10-11,15H,6,9,12,21H2,1-3H3,(H,22,24);1H. The molecule has 0 saturated heterocycles. The van der Waals surface area contributed by atoms with Crippen LogP contribution in [0.15, 0.2) is 36.4 Å². The predicted octanol–water partition coefficient (Wildman–Crippen LogP) is 4.09. The lowest BCUT2D eigenvalue weighted by Gasteiger charge is -2.36. The molecule has 4 nitrogen and oxygen atoms in total. The van der Waals surface area contributed by atoms with Crippen molar-refractivity contribution in [3.05, 3.63) is 53.1 Å². The van der Waals surface area contributed by atoms with Crippen molar-refractivity contribution in [2.24, 2.45) is 0 Å². The van der Waals surface area contributed by atoms with E-state index < -0.39 is 0 Å². The number of halogens is 1. The highest BCUT2D eigenvalue weighted by molar-refractivity contribution is 5.98. The Morgan fingerprint density at radius 2 is 1.80 bits per heavy atom. The van der Waals surface area contributed by atoms with Crippen LogP contribution in [0.1, 0.15) is 30.0 Å². The Kier molecular flexibility index (Phi) is 5.96. The molecule has 0 radical (unpaired) electrons. The van der Waals surface area contributed by atoms with Gasteiger partial charge >= 0.3 is 0 Å². The normalized spacial score (nSPS) is 14.3. The van der Waals surface area contributed by atoms with Crippen molar-refractivity contribution < 1.29 is 4.79 Å². The second-order valence-corrected chi connectivity index (χ2v) is 6.57. The topological polar surface area (TPSA) is 58.4 Å². The van der Waals surface area contributed by atoms with E-state index in [1.54, 1.807) is 0 Å². The molecule has 0 aromatic heterocycles. The third-order valence-corrected chi connectivity index (χ3v) is 4.90. The van der Waals surface area contributed by atoms with Crippen LogP contribution in [-0.4, -0.2) is 18.5 Å². The van der Waals surface area contributed by atoms with E-state index in [2.05, 4.69) is 16.3 Å². The largest absolute Gasteiger partial charge is 0.398 e. The summed E-state index contributed by atoms with van der Waals surface area (Å²) in [6.07, 6.45) is 1.99. The van der Waals surface area contributed by atoms with Gasteiger partial charge in [0.05, 0.1) is 0 Å². The molecule has 0 aliphatic carbocycles. The van der Waals surface area contributed by atoms with Crippen LogP contribution in [0.2, 0.25) is 0 Å². The van der Waals surface area contributed by atoms with E-state index >= 15 is 0 Å². The fourth-order valence-corrected chi connectivity index (χ4v) is 3.46. The van der Waals surface area contributed by atoms with E-state index in [1.165, 1.54) is 0 Å². The molecule has 3 rings (SSSR count). The van der Waals surface area contributed by atoms with Crippen molar-refractivity contribution in [2.45, 2.75) is 39.7 Å². The fourth-order valence-electron chi connectivity index (χ4n) is 3.46. The average molecular weight is 360 g/mol. The third-order valence-electron chi connectivity index (χ3n) is 4.90. The quantitative estimate of drug-likeness (QED) is 0.811. The first-order valence-electron chi connectivity index (χ1n) is 8.50. The van der Waals surface area contributed by atoms with Crippen molar-refractivity contribution in [3.8, 4) is 0 Å². The van der Waals surface area contributed by atoms with E-state index in [0.717, 1.165) is 53.1 Å². The van der Waals surface area contributed by atoms with Crippen molar-refractivity contribution in [3.63, 3.8) is 0 Å². The van der Waals surface area contributed by atoms with Gasteiger partial charge in [-0.25, -0.2) is 0 Å². The minimum Gasteiger partial charge on any atom is -0.398 e. The monoisotopic (exact) mass is 359 g/mol. The number of hydrogen-bond acceptors (Lipinski definition) is 3. The maximum atomic E-state index is 12.8. The molecule has 2 aromatic rings. The molecule has 1 atom stereocenters. The van der Waals surface area contributed by atoms with Gasteiger partial charge < -0.3 is 16.0 Å². The molecule has 2 aromatic carbocycles. The molecule has 5 heteroatoms. The smallest absolute Gasteiger partial charge is 0.246 e. The number of aryl methyl sites for hydroxylation is 2. The number of para-hydroxylation sites is 1. The SMILES string of the molecule is Cc1cccc(C)c1NC(=O)C(C)N1CCCc2c(N)cccc21.Cl. The molecule has 0 bridgehead atoms. The molecule has 1 heterocycles. The van der Waals surface area contributed by atoms with Crippen LogP contribution in [0.5, 0.6) is 0 Å². The molecule has 0 saturated carbocycles. The summed E-state index contributed by atoms with van der Waals surface area (Å²) in [6.45, 7) is 6.87. The van der Waals surface area contributed by atoms with Gasteiger partial charge in [-0.15, -0.1) is 12.4 Å². The maximum Gasteiger partial charge on any atom is 0.246 e. The number of amides is 1. The Bertz CT molecular complexity index is 755. The number of rotatable bonds is 3. The van der Waals surface area contributed by atoms with Gasteiger partial charge in [0.2, 0.25) is 5.91 Å². The minimum absolute atomic E-state index is 0. The van der Waals surface area contributed by atoms with Crippen LogP contribution < -0.4 is 16.0 Å². The van der Waals surface area contributed by atoms with Gasteiger partial charge in [0.15, 0.2) is 0 Å². The summed E-state index contributed by atoms with van der Waals surface area (Å²) in [5, 5.41) is 3.11. The molecule has 0 fully saturated rings. The van der Waals surface area contributed by atoms with E-state index in [9.17, 15) is 4.79 Å². The first-order chi connectivity index (χ1) is 11.5. The molecular weight excluding hydrogens is 334 g/mol. The highest BCUT2D eigenvalue weighted by atomic mass is 35.5. The predicted molar refractivity (Wildman–Crippen MR) is 108 cm³/mol. The second kappa shape index (κ2) is 7.79. The number of nitrogen functional groups attached to an aromatic ring is 1. The number of benzene rings is 2. The van der Waals surface area contributed by atoms with Crippen molar-refractivity contribution in [2.75, 3.05) is 22.5 Å². The van der Waals surface area contributed by atoms with Crippen LogP contribution >= 0.6 is 12.4 Å². The number of fused-ring (bicyclic) bond motifs is 1. The van der Waals surface area contributed by atoms with Gasteiger partial charge in [-0.05, 0) is 62.4 Å². The van der Waals surface area contributed by atoms with Gasteiger partial charge in [0.1, 0.15) is 6.04 Å². The summed E-state index contributed by atoms with van der Waals surface area (Å²) in [5.41, 5.74) is 12.3. The van der Waals surface area contributed by atoms with Crippen LogP contribution in [0.4, 0.5) is 17.1 Å². The molecule has 1 aliphatic heterocycles. The zero-order valence-corrected chi connectivity index (χ0v) is 15.8. The van der Waals surface area contributed by atoms with Crippen LogP contribution in [0.25, 0.3) is 0 Å². The van der Waals surface area contributed by atoms with E-state index in [1.807, 2.05) is 51.1 Å². The first-order valence-corrected chi connectivity index (χ1v) is 8.50. The summed E-state index contributed by atoms with van der Waals surface area (Å²) in [5.74, 6) is 0.0164. The minimum atomic E-state index is -0.246. The summed E-state index contributed by atoms with van der Waals surface area (Å²) in [7, 11) is 0. The second-order valence-electron chi connectivity index (χ2n) is 6.57. The number of hydrogen-bond donors (Lipinski definition) is 2. The van der Waals surface area contributed by atoms with Gasteiger partial charge in [-0.2, -0.15) is 0 Å². The molecule has 3 N–H and O–H groups in total. The number of carbonyl (C=O) groups excluding carboxylic acids is 1. The fraction of sp³-hybridized carbons (Fsp3) is 0.350. The Balaban J connectivity index is 0.00000225. The molecule has 1 aliphatic rings. The molecule has 25 heavy (non-hydrogen) atoms. The summed E-state index contributed by atoms with van der Waals surface area (Å²) >= 11 is 0. The molecule has 1 amide bonds. The zero-order valence-electron chi connectivity index (χ0n) is 15.0. The molecule has 1 unspecified atom stereocenters. The Morgan fingerprint density at radius 3 is 2.48 bits per heavy atom. The lowest BCUT2D eigenvalue weighted by molar-refractivity contribution is -0.117. The summed E-state index contributed by atoms with van der Waals surface area (Å²) < 4.78 is 0. The number of nitrogens with one attached hydrogen (secondary N) is 1. The molecular formula is C20H26ClN3O. The summed E-state index contributed by atoms with van der Waals surface area (Å²) in [6, 6.07) is 11.8. The zero-order chi connectivity index (χ0) is 17.3. The number of anilines is 3. The lowest BCUT2D eigenvalue weighted by atomic mass is 9.98. The van der Waals surface area contributed by atoms with E-state index in [-0.39, 0.29) is 24.4 Å². The van der Waals surface area contributed by atoms with Gasteiger partial charge in [0, 0.05) is 23.6 Å². The van der Waals surface area contributed by atoms with Crippen LogP contribution in [-0.2, 0) is 11.2 Å². The van der Waals surface area contributed by atoms with Crippen molar-refractivity contribution >= 4 is 35.4 Å². The number of nitrogens with zero attached hydrogens (tertiary/aromatic N) is 1. The molecule has 134 valence electrons. The molecule has 0 spiro atoms. The van der Waals surface area contributed by atoms with Crippen molar-refractivity contribution in [1.82, 2.24) is 0 Å². The van der Waals surface area contributed by atoms with Crippen LogP contribution in [0.3, 0.4) is 0 Å². The number of carbonyl (C=O) groups is 1. The van der Waals surface area contributed by atoms with E-state index in [4.69, 9.17) is 5.73 Å². The summed E-state index contributed by atoms with van der Waals surface area (Å²) in [4.78, 5) is 15.0. The number of nitrogens with two attached hydrogens (primary N) is 1. The Morgan fingerprint density at radius 1 is 1.16 bits per heavy atom. The van der Waals surface area contributed by atoms with Gasteiger partial charge in [-0.3, -0.25) is 4.79 Å². The first kappa shape index (κ1) is 19.1. The highest BCUT2D eigenvalue weighted by Crippen LogP contribution is 2.33. The lowest BCUT2D eigenvalue weighted by Crippen LogP contribution is -2.45. The van der Waals surface area contributed by atoms with Crippen LogP contribution in [0, 0.1) is 13.8 Å². The third kappa shape index (κ3) is 3.74. The maximum absolute atomic E-state index is 12.8. The van der Waals surface area contributed by atoms with Gasteiger partial charge in [-0.1, -0.05) is 24.3 Å². The van der Waals surface area contributed by atoms with E-state index in [0.29, 0.717) is 0 Å². The van der Waals surface area contributed by atoms with Gasteiger partial charge in [0.25, 0.3) is 0 Å². The Hall–Kier alpha value is -2.20. The van der Waals surface area contributed by atoms with Crippen molar-refractivity contribution in [1.29, 1.82) is 0 Å². The average Bonchev–Trinajstić information content (AvgIpc) is 2.57. The Labute approximate surface area is 155 Å². The highest BCUT2D eigenvalue weighted by Gasteiger charge is 2.27.